The summed E-state index contributed by atoms with van der Waals surface area (Å²) in [5.41, 5.74) is 8.55. The lowest BCUT2D eigenvalue weighted by atomic mass is 9.90. The molecule has 8 heterocycles. The van der Waals surface area contributed by atoms with E-state index >= 15 is 0 Å². The predicted molar refractivity (Wildman–Crippen MR) is 255 cm³/mol. The van der Waals surface area contributed by atoms with Gasteiger partial charge in [0, 0.05) is 111 Å². The molecule has 4 atom stereocenters. The first kappa shape index (κ1) is 43.5. The van der Waals surface area contributed by atoms with Crippen LogP contribution >= 0.6 is 0 Å². The lowest BCUT2D eigenvalue weighted by Gasteiger charge is -2.41. The van der Waals surface area contributed by atoms with Crippen LogP contribution < -0.4 is 26.0 Å². The average molecular weight is 915 g/mol. The first-order valence-corrected chi connectivity index (χ1v) is 23.6. The Kier molecular flexibility index (Phi) is 10.6. The number of carbonyl (C=O) groups is 4. The number of nitrogens with one attached hydrogen (secondary N) is 2. The molecule has 4 aromatic heterocycles. The van der Waals surface area contributed by atoms with E-state index in [1.807, 2.05) is 36.5 Å². The lowest BCUT2D eigenvalue weighted by molar-refractivity contribution is -0.136. The van der Waals surface area contributed by atoms with Gasteiger partial charge >= 0.3 is 0 Å². The standard InChI is InChI=1S/C52H54N10O6/c1-30-26-58(42-21-32(42)7-5-31-6-9-38-34(19-31)28-62(49(38)66)41-10-12-46(64)56-48(41)65)15-16-59(30)36-8-11-45(54-25-36)55-40-20-35(27-57(4)50(40)67)37-13-14-53-47(39(37)29-63)61-18-17-60-43(51(61)68)22-33-23-52(2,3)24-44(33)60/h6,8-9,11,13-14,19-20,22,25,27,30,32,41-42,63H,10,12,15-18,21,23-24,26,28-29H2,1-4H3,(H,54,55)(H,56,64,65)/t30-,32+,41?,42+/m0/s1. The second-order valence-corrected chi connectivity index (χ2v) is 20.0. The van der Waals surface area contributed by atoms with Crippen molar-refractivity contribution in [2.75, 3.05) is 41.3 Å². The number of nitrogens with zero attached hydrogens (tertiary/aromatic N) is 8. The number of aromatic nitrogens is 4. The van der Waals surface area contributed by atoms with Crippen molar-refractivity contribution in [3.63, 3.8) is 0 Å². The third-order valence-corrected chi connectivity index (χ3v) is 14.7. The van der Waals surface area contributed by atoms with Crippen molar-refractivity contribution in [1.29, 1.82) is 0 Å². The number of piperazine rings is 1. The number of pyridine rings is 3. The zero-order valence-electron chi connectivity index (χ0n) is 38.7. The fourth-order valence-electron chi connectivity index (χ4n) is 11.2. The second-order valence-electron chi connectivity index (χ2n) is 20.0. The van der Waals surface area contributed by atoms with E-state index < -0.39 is 11.9 Å². The van der Waals surface area contributed by atoms with Crippen LogP contribution in [0.4, 0.5) is 23.0 Å². The fraction of sp³-hybridized carbons (Fsp3) is 0.404. The summed E-state index contributed by atoms with van der Waals surface area (Å²) in [4.78, 5) is 82.2. The molecule has 2 saturated heterocycles. The third kappa shape index (κ3) is 7.73. The van der Waals surface area contributed by atoms with Crippen LogP contribution in [0.25, 0.3) is 11.1 Å². The van der Waals surface area contributed by atoms with Gasteiger partial charge in [-0.2, -0.15) is 0 Å². The molecule has 3 fully saturated rings. The monoisotopic (exact) mass is 914 g/mol. The van der Waals surface area contributed by atoms with Crippen LogP contribution in [0, 0.1) is 23.2 Å². The molecular weight excluding hydrogens is 861 g/mol. The minimum absolute atomic E-state index is 0.132. The molecule has 16 nitrogen and oxygen atoms in total. The Balaban J connectivity index is 0.723. The fourth-order valence-corrected chi connectivity index (χ4v) is 11.2. The van der Waals surface area contributed by atoms with Gasteiger partial charge in [-0.05, 0) is 103 Å². The van der Waals surface area contributed by atoms with Gasteiger partial charge in [-0.3, -0.25) is 39.1 Å². The summed E-state index contributed by atoms with van der Waals surface area (Å²) >= 11 is 0. The van der Waals surface area contributed by atoms with Crippen molar-refractivity contribution < 1.29 is 24.3 Å². The van der Waals surface area contributed by atoms with Gasteiger partial charge in [0.05, 0.1) is 18.5 Å². The van der Waals surface area contributed by atoms with Crippen molar-refractivity contribution >= 4 is 46.6 Å². The van der Waals surface area contributed by atoms with E-state index in [0.717, 1.165) is 55.7 Å². The van der Waals surface area contributed by atoms with Crippen LogP contribution in [0.3, 0.4) is 0 Å². The summed E-state index contributed by atoms with van der Waals surface area (Å²) in [6.45, 7) is 10.4. The third-order valence-electron chi connectivity index (χ3n) is 14.7. The maximum Gasteiger partial charge on any atom is 0.276 e. The molecule has 1 saturated carbocycles. The molecule has 6 aliphatic rings. The summed E-state index contributed by atoms with van der Waals surface area (Å²) in [6.07, 6.45) is 8.66. The molecule has 5 aromatic rings. The Hall–Kier alpha value is -7.09. The van der Waals surface area contributed by atoms with Gasteiger partial charge in [-0.15, -0.1) is 0 Å². The molecule has 16 heteroatoms. The maximum atomic E-state index is 14.0. The maximum absolute atomic E-state index is 14.0. The van der Waals surface area contributed by atoms with Crippen LogP contribution in [0.15, 0.2) is 71.9 Å². The predicted octanol–water partition coefficient (Wildman–Crippen LogP) is 4.38. The van der Waals surface area contributed by atoms with Gasteiger partial charge < -0.3 is 29.4 Å². The van der Waals surface area contributed by atoms with Gasteiger partial charge in [-0.25, -0.2) is 9.97 Å². The minimum Gasteiger partial charge on any atom is -0.392 e. The van der Waals surface area contributed by atoms with E-state index in [-0.39, 0.29) is 53.7 Å². The summed E-state index contributed by atoms with van der Waals surface area (Å²) in [6, 6.07) is 15.1. The number of carbonyl (C=O) groups excluding carboxylic acids is 4. The van der Waals surface area contributed by atoms with E-state index in [2.05, 4.69) is 62.6 Å². The summed E-state index contributed by atoms with van der Waals surface area (Å²) in [5.74, 6) is 6.98. The number of aliphatic hydroxyl groups excluding tert-OH is 1. The van der Waals surface area contributed by atoms with Crippen LogP contribution in [-0.2, 0) is 49.2 Å². The number of imide groups is 1. The number of fused-ring (bicyclic) bond motifs is 4. The number of hydrogen-bond acceptors (Lipinski definition) is 11. The summed E-state index contributed by atoms with van der Waals surface area (Å²) < 4.78 is 3.66. The average Bonchev–Trinajstić information content (AvgIpc) is 3.80. The molecule has 11 rings (SSSR count). The molecule has 1 unspecified atom stereocenters. The molecule has 348 valence electrons. The SMILES string of the molecule is C[C@H]1CN([C@@H]2C[C@H]2C#Cc2ccc3c(c2)CN(C2CCC(=O)NC2=O)C3=O)CCN1c1ccc(Nc2cc(-c3ccnc(N4CCn5c(cc6c5CC(C)(C)C6)C4=O)c3CO)cn(C)c2=O)nc1. The number of hydrogen-bond donors (Lipinski definition) is 3. The number of aliphatic hydroxyl groups is 1. The highest BCUT2D eigenvalue weighted by molar-refractivity contribution is 6.07. The molecule has 0 bridgehead atoms. The highest BCUT2D eigenvalue weighted by Gasteiger charge is 2.44. The number of piperidine rings is 1. The van der Waals surface area contributed by atoms with Gasteiger partial charge in [-0.1, -0.05) is 25.7 Å². The Morgan fingerprint density at radius 1 is 0.912 bits per heavy atom. The highest BCUT2D eigenvalue weighted by Crippen LogP contribution is 2.41. The number of rotatable bonds is 8. The van der Waals surface area contributed by atoms with Crippen molar-refractivity contribution in [2.24, 2.45) is 18.4 Å². The molecular formula is C52H54N10O6. The summed E-state index contributed by atoms with van der Waals surface area (Å²) in [7, 11) is 1.69. The summed E-state index contributed by atoms with van der Waals surface area (Å²) in [5, 5.41) is 16.4. The quantitative estimate of drug-likeness (QED) is 0.149. The molecule has 4 amide bonds. The molecule has 0 radical (unpaired) electrons. The van der Waals surface area contributed by atoms with E-state index in [9.17, 15) is 29.1 Å². The van der Waals surface area contributed by atoms with E-state index in [0.29, 0.717) is 77.4 Å². The number of aryl methyl sites for hydroxylation is 1. The van der Waals surface area contributed by atoms with Gasteiger partial charge in [0.25, 0.3) is 17.4 Å². The molecule has 68 heavy (non-hydrogen) atoms. The second kappa shape index (κ2) is 16.6. The molecule has 1 aromatic carbocycles. The largest absolute Gasteiger partial charge is 0.392 e. The smallest absolute Gasteiger partial charge is 0.276 e. The highest BCUT2D eigenvalue weighted by atomic mass is 16.3. The van der Waals surface area contributed by atoms with Crippen LogP contribution in [0.5, 0.6) is 0 Å². The van der Waals surface area contributed by atoms with Crippen molar-refractivity contribution in [2.45, 2.75) is 90.7 Å². The molecule has 4 aliphatic heterocycles. The molecule has 3 N–H and O–H groups in total. The van der Waals surface area contributed by atoms with Crippen LogP contribution in [0.2, 0.25) is 0 Å². The van der Waals surface area contributed by atoms with Crippen LogP contribution in [0.1, 0.15) is 88.8 Å². The zero-order chi connectivity index (χ0) is 47.2. The van der Waals surface area contributed by atoms with Crippen molar-refractivity contribution in [3.05, 3.63) is 117 Å². The first-order chi connectivity index (χ1) is 32.7. The number of benzene rings is 1. The van der Waals surface area contributed by atoms with Crippen molar-refractivity contribution in [3.8, 4) is 23.0 Å². The zero-order valence-corrected chi connectivity index (χ0v) is 38.7. The first-order valence-electron chi connectivity index (χ1n) is 23.6. The van der Waals surface area contributed by atoms with E-state index in [4.69, 9.17) is 4.98 Å². The number of anilines is 4. The Bertz CT molecular complexity index is 3070. The van der Waals surface area contributed by atoms with E-state index in [1.165, 1.54) is 15.8 Å². The van der Waals surface area contributed by atoms with Gasteiger partial charge in [0.15, 0.2) is 0 Å². The Labute approximate surface area is 394 Å². The van der Waals surface area contributed by atoms with E-state index in [1.54, 1.807) is 47.4 Å². The van der Waals surface area contributed by atoms with Crippen LogP contribution in [-0.4, -0.2) is 102 Å². The van der Waals surface area contributed by atoms with Gasteiger partial charge in [0.2, 0.25) is 11.8 Å². The number of amides is 4. The molecule has 0 spiro atoms. The topological polar surface area (TPSA) is 178 Å². The van der Waals surface area contributed by atoms with Gasteiger partial charge in [0.1, 0.15) is 29.1 Å². The Morgan fingerprint density at radius 2 is 1.76 bits per heavy atom. The normalized spacial score (nSPS) is 22.9. The Morgan fingerprint density at radius 3 is 2.54 bits per heavy atom. The molecule has 2 aliphatic carbocycles. The minimum atomic E-state index is -0.641. The van der Waals surface area contributed by atoms with Crippen molar-refractivity contribution in [1.82, 2.24) is 34.2 Å². The lowest BCUT2D eigenvalue weighted by Crippen LogP contribution is -2.53.